The Hall–Kier alpha value is -1.78. The van der Waals surface area contributed by atoms with Crippen LogP contribution >= 0.6 is 12.4 Å². The van der Waals surface area contributed by atoms with Crippen molar-refractivity contribution in [1.82, 2.24) is 5.32 Å². The summed E-state index contributed by atoms with van der Waals surface area (Å²) in [6.45, 7) is 7.00. The van der Waals surface area contributed by atoms with Gasteiger partial charge in [-0.2, -0.15) is 0 Å². The number of aryl methyl sites for hydroxylation is 3. The first-order valence-corrected chi connectivity index (χ1v) is 6.63. The lowest BCUT2D eigenvalue weighted by molar-refractivity contribution is 0.0950. The lowest BCUT2D eigenvalue weighted by Gasteiger charge is -2.12. The minimum Gasteiger partial charge on any atom is -0.467 e. The quantitative estimate of drug-likeness (QED) is 0.912. The van der Waals surface area contributed by atoms with Crippen molar-refractivity contribution in [3.63, 3.8) is 0 Å². The van der Waals surface area contributed by atoms with E-state index in [1.807, 2.05) is 0 Å². The first-order chi connectivity index (χ1) is 9.51. The predicted molar refractivity (Wildman–Crippen MR) is 85.7 cm³/mol. The van der Waals surface area contributed by atoms with Crippen LogP contribution in [-0.2, 0) is 13.1 Å². The van der Waals surface area contributed by atoms with E-state index < -0.39 is 0 Å². The smallest absolute Gasteiger partial charge is 0.254 e. The van der Waals surface area contributed by atoms with Crippen LogP contribution in [-0.4, -0.2) is 5.91 Å². The number of hydrogen-bond donors (Lipinski definition) is 2. The topological polar surface area (TPSA) is 68.3 Å². The second kappa shape index (κ2) is 7.29. The highest BCUT2D eigenvalue weighted by Crippen LogP contribution is 2.16. The van der Waals surface area contributed by atoms with Gasteiger partial charge >= 0.3 is 0 Å². The highest BCUT2D eigenvalue weighted by atomic mass is 35.5. The molecule has 0 unspecified atom stereocenters. The average Bonchev–Trinajstić information content (AvgIpc) is 2.86. The van der Waals surface area contributed by atoms with Crippen LogP contribution in [0.5, 0.6) is 0 Å². The van der Waals surface area contributed by atoms with E-state index in [1.165, 1.54) is 23.0 Å². The Morgan fingerprint density at radius 1 is 1.19 bits per heavy atom. The summed E-state index contributed by atoms with van der Waals surface area (Å²) in [6.07, 6.45) is 1.44. The molecule has 21 heavy (non-hydrogen) atoms. The number of rotatable bonds is 4. The molecular weight excluding hydrogens is 288 g/mol. The molecule has 5 heteroatoms. The van der Waals surface area contributed by atoms with Gasteiger partial charge in [0.15, 0.2) is 0 Å². The van der Waals surface area contributed by atoms with Crippen LogP contribution in [0, 0.1) is 20.8 Å². The van der Waals surface area contributed by atoms with Gasteiger partial charge in [-0.25, -0.2) is 0 Å². The third-order valence-corrected chi connectivity index (χ3v) is 3.38. The third-order valence-electron chi connectivity index (χ3n) is 3.38. The van der Waals surface area contributed by atoms with E-state index in [4.69, 9.17) is 10.2 Å². The van der Waals surface area contributed by atoms with Crippen molar-refractivity contribution < 1.29 is 9.21 Å². The van der Waals surface area contributed by atoms with Crippen molar-refractivity contribution in [2.45, 2.75) is 33.9 Å². The van der Waals surface area contributed by atoms with Gasteiger partial charge in [0.1, 0.15) is 12.0 Å². The standard InChI is InChI=1S/C16H20N2O2.ClH/c1-10-4-11(2)15(12(3)5-10)8-18-16(19)13-6-14(7-17)20-9-13;/h4-6,9H,7-8,17H2,1-3H3,(H,18,19);1H. The molecule has 1 heterocycles. The number of carbonyl (C=O) groups excluding carboxylic acids is 1. The fourth-order valence-electron chi connectivity index (χ4n) is 2.37. The van der Waals surface area contributed by atoms with Crippen molar-refractivity contribution in [2.75, 3.05) is 0 Å². The number of nitrogens with two attached hydrogens (primary N) is 1. The Bertz CT molecular complexity index is 612. The summed E-state index contributed by atoms with van der Waals surface area (Å²) in [7, 11) is 0. The molecule has 114 valence electrons. The molecule has 4 nitrogen and oxygen atoms in total. The van der Waals surface area contributed by atoms with Crippen LogP contribution in [0.1, 0.15) is 38.4 Å². The summed E-state index contributed by atoms with van der Waals surface area (Å²) in [5, 5.41) is 2.91. The van der Waals surface area contributed by atoms with Crippen molar-refractivity contribution in [1.29, 1.82) is 0 Å². The minimum absolute atomic E-state index is 0. The van der Waals surface area contributed by atoms with Crippen LogP contribution in [0.15, 0.2) is 28.9 Å². The van der Waals surface area contributed by atoms with Crippen molar-refractivity contribution >= 4 is 18.3 Å². The van der Waals surface area contributed by atoms with Crippen LogP contribution < -0.4 is 11.1 Å². The molecule has 0 saturated carbocycles. The second-order valence-electron chi connectivity index (χ2n) is 5.07. The number of furan rings is 1. The van der Waals surface area contributed by atoms with Gasteiger partial charge in [0.25, 0.3) is 5.91 Å². The molecule has 0 radical (unpaired) electrons. The zero-order chi connectivity index (χ0) is 14.7. The Morgan fingerprint density at radius 2 is 1.81 bits per heavy atom. The summed E-state index contributed by atoms with van der Waals surface area (Å²) in [5.74, 6) is 0.464. The summed E-state index contributed by atoms with van der Waals surface area (Å²) >= 11 is 0. The van der Waals surface area contributed by atoms with Gasteiger partial charge in [-0.3, -0.25) is 4.79 Å². The summed E-state index contributed by atoms with van der Waals surface area (Å²) in [4.78, 5) is 12.0. The molecule has 1 amide bonds. The molecule has 1 aromatic carbocycles. The molecule has 0 aliphatic rings. The molecule has 0 spiro atoms. The first kappa shape index (κ1) is 17.3. The Kier molecular flexibility index (Phi) is 6.00. The Balaban J connectivity index is 0.00000220. The molecule has 0 fully saturated rings. The van der Waals surface area contributed by atoms with Crippen LogP contribution in [0.3, 0.4) is 0 Å². The van der Waals surface area contributed by atoms with Crippen molar-refractivity contribution in [3.05, 3.63) is 58.0 Å². The molecule has 3 N–H and O–H groups in total. The Labute approximate surface area is 131 Å². The van der Waals surface area contributed by atoms with Gasteiger partial charge in [-0.05, 0) is 43.5 Å². The molecule has 0 bridgehead atoms. The monoisotopic (exact) mass is 308 g/mol. The summed E-state index contributed by atoms with van der Waals surface area (Å²) in [5.41, 5.74) is 10.7. The Morgan fingerprint density at radius 3 is 2.33 bits per heavy atom. The molecule has 0 atom stereocenters. The van der Waals surface area contributed by atoms with E-state index in [0.29, 0.717) is 24.4 Å². The molecule has 1 aromatic heterocycles. The van der Waals surface area contributed by atoms with Gasteiger partial charge in [0, 0.05) is 6.54 Å². The van der Waals surface area contributed by atoms with E-state index in [0.717, 1.165) is 5.56 Å². The van der Waals surface area contributed by atoms with Crippen LogP contribution in [0.4, 0.5) is 0 Å². The van der Waals surface area contributed by atoms with Crippen molar-refractivity contribution in [2.24, 2.45) is 5.73 Å². The van der Waals surface area contributed by atoms with Crippen LogP contribution in [0.25, 0.3) is 0 Å². The molecule has 0 aliphatic heterocycles. The normalized spacial score (nSPS) is 10.1. The van der Waals surface area contributed by atoms with Gasteiger partial charge in [0.2, 0.25) is 0 Å². The second-order valence-corrected chi connectivity index (χ2v) is 5.07. The average molecular weight is 309 g/mol. The van der Waals surface area contributed by atoms with E-state index in [1.54, 1.807) is 6.07 Å². The number of amides is 1. The number of nitrogens with one attached hydrogen (secondary N) is 1. The maximum Gasteiger partial charge on any atom is 0.254 e. The predicted octanol–water partition coefficient (Wildman–Crippen LogP) is 3.02. The van der Waals surface area contributed by atoms with Crippen LogP contribution in [0.2, 0.25) is 0 Å². The maximum atomic E-state index is 12.0. The molecule has 0 saturated heterocycles. The minimum atomic E-state index is -0.146. The van der Waals surface area contributed by atoms with E-state index in [9.17, 15) is 4.79 Å². The van der Waals surface area contributed by atoms with Gasteiger partial charge in [-0.1, -0.05) is 17.7 Å². The van der Waals surface area contributed by atoms with Crippen molar-refractivity contribution in [3.8, 4) is 0 Å². The SMILES string of the molecule is Cc1cc(C)c(CNC(=O)c2coc(CN)c2)c(C)c1.Cl. The largest absolute Gasteiger partial charge is 0.467 e. The lowest BCUT2D eigenvalue weighted by atomic mass is 10.00. The zero-order valence-electron chi connectivity index (χ0n) is 12.5. The van der Waals surface area contributed by atoms with E-state index in [-0.39, 0.29) is 18.3 Å². The molecule has 2 rings (SSSR count). The number of hydrogen-bond acceptors (Lipinski definition) is 3. The molecular formula is C16H21ClN2O2. The fraction of sp³-hybridized carbons (Fsp3) is 0.312. The van der Waals surface area contributed by atoms with E-state index >= 15 is 0 Å². The van der Waals surface area contributed by atoms with Gasteiger partial charge in [-0.15, -0.1) is 12.4 Å². The fourth-order valence-corrected chi connectivity index (χ4v) is 2.37. The highest BCUT2D eigenvalue weighted by Gasteiger charge is 2.11. The third kappa shape index (κ3) is 4.09. The maximum absolute atomic E-state index is 12.0. The summed E-state index contributed by atoms with van der Waals surface area (Å²) < 4.78 is 5.16. The van der Waals surface area contributed by atoms with E-state index in [2.05, 4.69) is 38.2 Å². The van der Waals surface area contributed by atoms with Gasteiger partial charge < -0.3 is 15.5 Å². The lowest BCUT2D eigenvalue weighted by Crippen LogP contribution is -2.23. The zero-order valence-corrected chi connectivity index (χ0v) is 13.3. The number of carbonyl (C=O) groups is 1. The number of benzene rings is 1. The molecule has 0 aliphatic carbocycles. The van der Waals surface area contributed by atoms with Gasteiger partial charge in [0.05, 0.1) is 12.1 Å². The first-order valence-electron chi connectivity index (χ1n) is 6.63. The number of halogens is 1. The molecule has 2 aromatic rings. The summed E-state index contributed by atoms with van der Waals surface area (Å²) in [6, 6.07) is 5.92. The highest BCUT2D eigenvalue weighted by molar-refractivity contribution is 5.93.